The zero-order chi connectivity index (χ0) is 11.5. The second-order valence-corrected chi connectivity index (χ2v) is 3.46. The molecule has 0 unspecified atom stereocenters. The lowest BCUT2D eigenvalue weighted by Gasteiger charge is -2.06. The number of H-pyrrole nitrogens is 1. The van der Waals surface area contributed by atoms with E-state index in [-0.39, 0.29) is 11.4 Å². The Morgan fingerprint density at radius 3 is 2.81 bits per heavy atom. The molecule has 2 N–H and O–H groups in total. The molecule has 4 heteroatoms. The minimum Gasteiger partial charge on any atom is -0.493 e. The van der Waals surface area contributed by atoms with Gasteiger partial charge in [0, 0.05) is 5.56 Å². The molecule has 0 aliphatic heterocycles. The van der Waals surface area contributed by atoms with Gasteiger partial charge in [-0.2, -0.15) is 4.98 Å². The highest BCUT2D eigenvalue weighted by Crippen LogP contribution is 2.20. The summed E-state index contributed by atoms with van der Waals surface area (Å²) < 4.78 is 0. The van der Waals surface area contributed by atoms with Gasteiger partial charge >= 0.3 is 0 Å². The molecule has 16 heavy (non-hydrogen) atoms. The van der Waals surface area contributed by atoms with Gasteiger partial charge in [0.15, 0.2) is 0 Å². The Morgan fingerprint density at radius 2 is 2.12 bits per heavy atom. The number of aryl methyl sites for hydroxylation is 1. The Balaban J connectivity index is 2.62. The summed E-state index contributed by atoms with van der Waals surface area (Å²) in [5, 5.41) is 9.29. The summed E-state index contributed by atoms with van der Waals surface area (Å²) in [5.41, 5.74) is 1.57. The van der Waals surface area contributed by atoms with Gasteiger partial charge in [-0.1, -0.05) is 31.2 Å². The van der Waals surface area contributed by atoms with Crippen LogP contribution in [0.15, 0.2) is 35.1 Å². The van der Waals surface area contributed by atoms with Crippen molar-refractivity contribution >= 4 is 0 Å². The van der Waals surface area contributed by atoms with Crippen LogP contribution in [0.5, 0.6) is 5.88 Å². The highest BCUT2D eigenvalue weighted by molar-refractivity contribution is 5.60. The molecule has 2 rings (SSSR count). The third kappa shape index (κ3) is 1.95. The van der Waals surface area contributed by atoms with Crippen molar-refractivity contribution in [2.75, 3.05) is 0 Å². The van der Waals surface area contributed by atoms with E-state index >= 15 is 0 Å². The average Bonchev–Trinajstić information content (AvgIpc) is 2.27. The number of hydrogen-bond donors (Lipinski definition) is 2. The minimum absolute atomic E-state index is 0.260. The van der Waals surface area contributed by atoms with Crippen LogP contribution in [-0.4, -0.2) is 15.1 Å². The fourth-order valence-corrected chi connectivity index (χ4v) is 1.63. The third-order valence-electron chi connectivity index (χ3n) is 2.38. The molecular weight excluding hydrogens is 204 g/mol. The van der Waals surface area contributed by atoms with E-state index in [0.717, 1.165) is 23.6 Å². The molecule has 0 saturated heterocycles. The number of aromatic hydroxyl groups is 1. The number of nitrogens with one attached hydrogen (secondary N) is 1. The van der Waals surface area contributed by atoms with Crippen LogP contribution in [-0.2, 0) is 6.42 Å². The van der Waals surface area contributed by atoms with Crippen molar-refractivity contribution < 1.29 is 5.11 Å². The van der Waals surface area contributed by atoms with E-state index in [1.165, 1.54) is 0 Å². The van der Waals surface area contributed by atoms with Crippen LogP contribution >= 0.6 is 0 Å². The van der Waals surface area contributed by atoms with E-state index in [1.54, 1.807) is 0 Å². The molecule has 0 saturated carbocycles. The molecule has 0 bridgehead atoms. The van der Waals surface area contributed by atoms with E-state index in [2.05, 4.69) is 9.97 Å². The van der Waals surface area contributed by atoms with Crippen molar-refractivity contribution in [3.8, 4) is 17.3 Å². The van der Waals surface area contributed by atoms with Gasteiger partial charge in [0.25, 0.3) is 5.56 Å². The molecule has 2 aromatic rings. The lowest BCUT2D eigenvalue weighted by molar-refractivity contribution is 0.452. The molecule has 0 fully saturated rings. The summed E-state index contributed by atoms with van der Waals surface area (Å²) in [6.45, 7) is 2.03. The molecule has 0 aliphatic rings. The molecule has 4 nitrogen and oxygen atoms in total. The summed E-state index contributed by atoms with van der Waals surface area (Å²) in [6, 6.07) is 8.70. The predicted octanol–water partition coefficient (Wildman–Crippen LogP) is 1.70. The van der Waals surface area contributed by atoms with Crippen molar-refractivity contribution in [3.63, 3.8) is 0 Å². The van der Waals surface area contributed by atoms with Gasteiger partial charge in [0.05, 0.1) is 6.07 Å². The average molecular weight is 216 g/mol. The molecule has 1 aromatic heterocycles. The summed E-state index contributed by atoms with van der Waals surface area (Å²) in [7, 11) is 0. The zero-order valence-corrected chi connectivity index (χ0v) is 8.90. The maximum atomic E-state index is 11.2. The van der Waals surface area contributed by atoms with Crippen LogP contribution in [0.2, 0.25) is 0 Å². The van der Waals surface area contributed by atoms with Gasteiger partial charge in [-0.25, -0.2) is 0 Å². The summed E-state index contributed by atoms with van der Waals surface area (Å²) >= 11 is 0. The van der Waals surface area contributed by atoms with Crippen molar-refractivity contribution in [2.24, 2.45) is 0 Å². The number of nitrogens with zero attached hydrogens (tertiary/aromatic N) is 1. The van der Waals surface area contributed by atoms with Crippen molar-refractivity contribution in [1.82, 2.24) is 9.97 Å². The maximum Gasteiger partial charge on any atom is 0.254 e. The van der Waals surface area contributed by atoms with Crippen LogP contribution in [0.1, 0.15) is 12.5 Å². The van der Waals surface area contributed by atoms with Gasteiger partial charge in [-0.3, -0.25) is 4.79 Å². The highest BCUT2D eigenvalue weighted by atomic mass is 16.3. The lowest BCUT2D eigenvalue weighted by Crippen LogP contribution is -2.07. The highest BCUT2D eigenvalue weighted by Gasteiger charge is 2.06. The first-order valence-electron chi connectivity index (χ1n) is 5.09. The summed E-state index contributed by atoms with van der Waals surface area (Å²) in [5.74, 6) is 0.145. The topological polar surface area (TPSA) is 66.0 Å². The van der Waals surface area contributed by atoms with E-state index < -0.39 is 0 Å². The number of benzene rings is 1. The zero-order valence-electron chi connectivity index (χ0n) is 8.90. The summed E-state index contributed by atoms with van der Waals surface area (Å²) in [6.07, 6.45) is 0.843. The number of rotatable bonds is 2. The van der Waals surface area contributed by atoms with Crippen LogP contribution < -0.4 is 5.56 Å². The van der Waals surface area contributed by atoms with E-state index in [9.17, 15) is 9.90 Å². The van der Waals surface area contributed by atoms with Gasteiger partial charge in [0.1, 0.15) is 5.82 Å². The largest absolute Gasteiger partial charge is 0.493 e. The lowest BCUT2D eigenvalue weighted by atomic mass is 10.0. The number of hydrogen-bond acceptors (Lipinski definition) is 3. The Morgan fingerprint density at radius 1 is 1.38 bits per heavy atom. The van der Waals surface area contributed by atoms with Gasteiger partial charge in [0.2, 0.25) is 5.88 Å². The minimum atomic E-state index is -0.353. The molecule has 82 valence electrons. The maximum absolute atomic E-state index is 11.2. The standard InChI is InChI=1S/C12H12N2O2/c1-2-8-5-3-4-6-9(8)12-13-10(15)7-11(16)14-12/h3-7H,2H2,1H3,(H2,13,14,15,16). The second kappa shape index (κ2) is 4.18. The first kappa shape index (κ1) is 10.4. The molecule has 0 radical (unpaired) electrons. The fourth-order valence-electron chi connectivity index (χ4n) is 1.63. The Hall–Kier alpha value is -2.10. The van der Waals surface area contributed by atoms with Gasteiger partial charge < -0.3 is 10.1 Å². The first-order valence-corrected chi connectivity index (χ1v) is 5.09. The monoisotopic (exact) mass is 216 g/mol. The molecular formula is C12H12N2O2. The molecule has 0 atom stereocenters. The van der Waals surface area contributed by atoms with Crippen molar-refractivity contribution in [1.29, 1.82) is 0 Å². The number of aromatic amines is 1. The first-order chi connectivity index (χ1) is 7.70. The quantitative estimate of drug-likeness (QED) is 0.803. The molecule has 0 aliphatic carbocycles. The predicted molar refractivity (Wildman–Crippen MR) is 61.3 cm³/mol. The molecule has 0 spiro atoms. The van der Waals surface area contributed by atoms with Crippen LogP contribution in [0.25, 0.3) is 11.4 Å². The van der Waals surface area contributed by atoms with E-state index in [0.29, 0.717) is 5.82 Å². The van der Waals surface area contributed by atoms with Gasteiger partial charge in [-0.15, -0.1) is 0 Å². The normalized spacial score (nSPS) is 10.3. The smallest absolute Gasteiger partial charge is 0.254 e. The second-order valence-electron chi connectivity index (χ2n) is 3.46. The molecule has 1 aromatic carbocycles. The van der Waals surface area contributed by atoms with Crippen LogP contribution in [0.3, 0.4) is 0 Å². The number of aromatic nitrogens is 2. The van der Waals surface area contributed by atoms with Gasteiger partial charge in [-0.05, 0) is 12.0 Å². The van der Waals surface area contributed by atoms with Crippen molar-refractivity contribution in [2.45, 2.75) is 13.3 Å². The van der Waals surface area contributed by atoms with Crippen LogP contribution in [0, 0.1) is 0 Å². The molecule has 1 heterocycles. The van der Waals surface area contributed by atoms with E-state index in [4.69, 9.17) is 0 Å². The Labute approximate surface area is 92.6 Å². The van der Waals surface area contributed by atoms with Crippen molar-refractivity contribution in [3.05, 3.63) is 46.2 Å². The molecule has 0 amide bonds. The fraction of sp³-hybridized carbons (Fsp3) is 0.167. The SMILES string of the molecule is CCc1ccccc1-c1nc(O)cc(=O)[nH]1. The third-order valence-corrected chi connectivity index (χ3v) is 2.38. The Kier molecular flexibility index (Phi) is 2.72. The summed E-state index contributed by atoms with van der Waals surface area (Å²) in [4.78, 5) is 17.8. The van der Waals surface area contributed by atoms with Crippen LogP contribution in [0.4, 0.5) is 0 Å². The van der Waals surface area contributed by atoms with E-state index in [1.807, 2.05) is 31.2 Å². The Bertz CT molecular complexity index is 561.